The Labute approximate surface area is 120 Å². The number of nitrogens with zero attached hydrogens (tertiary/aromatic N) is 1. The summed E-state index contributed by atoms with van der Waals surface area (Å²) in [6.07, 6.45) is 6.47. The quantitative estimate of drug-likeness (QED) is 0.832. The Morgan fingerprint density at radius 2 is 2.10 bits per heavy atom. The van der Waals surface area contributed by atoms with Crippen LogP contribution in [0.2, 0.25) is 0 Å². The summed E-state index contributed by atoms with van der Waals surface area (Å²) in [5.41, 5.74) is 0. The topological polar surface area (TPSA) is 69.6 Å². The van der Waals surface area contributed by atoms with Gasteiger partial charge in [0.2, 0.25) is 0 Å². The van der Waals surface area contributed by atoms with Crippen molar-refractivity contribution >= 4 is 12.0 Å². The molecular formula is C15H26N2O3. The summed E-state index contributed by atoms with van der Waals surface area (Å²) >= 11 is 0. The summed E-state index contributed by atoms with van der Waals surface area (Å²) in [4.78, 5) is 24.6. The lowest BCUT2D eigenvalue weighted by Crippen LogP contribution is -2.45. The molecule has 3 atom stereocenters. The predicted octanol–water partition coefficient (Wildman–Crippen LogP) is 2.46. The molecule has 2 aliphatic rings. The number of rotatable bonds is 4. The number of carboxylic acids is 1. The summed E-state index contributed by atoms with van der Waals surface area (Å²) in [5.74, 6) is 0.308. The van der Waals surface area contributed by atoms with Gasteiger partial charge in [-0.2, -0.15) is 0 Å². The molecular weight excluding hydrogens is 256 g/mol. The van der Waals surface area contributed by atoms with Gasteiger partial charge < -0.3 is 15.3 Å². The Bertz CT molecular complexity index is 359. The Kier molecular flexibility index (Phi) is 5.26. The van der Waals surface area contributed by atoms with Crippen LogP contribution >= 0.6 is 0 Å². The SMILES string of the molecule is CC1CCCC(NC(=O)N2CCC(CCC(=O)O)C2)C1. The fraction of sp³-hybridized carbons (Fsp3) is 0.867. The van der Waals surface area contributed by atoms with Crippen molar-refractivity contribution in [3.05, 3.63) is 0 Å². The lowest BCUT2D eigenvalue weighted by Gasteiger charge is -2.29. The zero-order chi connectivity index (χ0) is 14.5. The second kappa shape index (κ2) is 6.95. The Hall–Kier alpha value is -1.26. The van der Waals surface area contributed by atoms with Crippen LogP contribution in [0.3, 0.4) is 0 Å². The van der Waals surface area contributed by atoms with Gasteiger partial charge in [0.05, 0.1) is 0 Å². The Morgan fingerprint density at radius 1 is 1.30 bits per heavy atom. The van der Waals surface area contributed by atoms with E-state index in [-0.39, 0.29) is 12.5 Å². The molecule has 2 N–H and O–H groups in total. The minimum Gasteiger partial charge on any atom is -0.481 e. The van der Waals surface area contributed by atoms with Gasteiger partial charge in [-0.25, -0.2) is 4.79 Å². The monoisotopic (exact) mass is 282 g/mol. The van der Waals surface area contributed by atoms with Gasteiger partial charge in [-0.15, -0.1) is 0 Å². The van der Waals surface area contributed by atoms with E-state index in [1.807, 2.05) is 4.90 Å². The van der Waals surface area contributed by atoms with Gasteiger partial charge in [0.25, 0.3) is 0 Å². The van der Waals surface area contributed by atoms with Gasteiger partial charge in [0.15, 0.2) is 0 Å². The van der Waals surface area contributed by atoms with Gasteiger partial charge >= 0.3 is 12.0 Å². The van der Waals surface area contributed by atoms with E-state index in [0.717, 1.165) is 25.8 Å². The predicted molar refractivity (Wildman–Crippen MR) is 76.5 cm³/mol. The molecule has 1 aliphatic carbocycles. The van der Waals surface area contributed by atoms with E-state index < -0.39 is 5.97 Å². The number of urea groups is 1. The number of aliphatic carboxylic acids is 1. The number of carbonyl (C=O) groups is 2. The number of likely N-dealkylation sites (tertiary alicyclic amines) is 1. The van der Waals surface area contributed by atoms with Crippen LogP contribution in [-0.4, -0.2) is 41.1 Å². The molecule has 0 aromatic heterocycles. The second-order valence-electron chi connectivity index (χ2n) is 6.45. The van der Waals surface area contributed by atoms with Crippen molar-refractivity contribution in [2.45, 2.75) is 57.9 Å². The minimum absolute atomic E-state index is 0.0434. The maximum Gasteiger partial charge on any atom is 0.317 e. The largest absolute Gasteiger partial charge is 0.481 e. The molecule has 1 saturated heterocycles. The summed E-state index contributed by atoms with van der Waals surface area (Å²) in [6, 6.07) is 0.367. The van der Waals surface area contributed by atoms with Gasteiger partial charge in [-0.05, 0) is 37.5 Å². The Balaban J connectivity index is 1.72. The third kappa shape index (κ3) is 4.39. The first kappa shape index (κ1) is 15.1. The number of carboxylic acid groups (broad SMARTS) is 1. The highest BCUT2D eigenvalue weighted by Crippen LogP contribution is 2.25. The summed E-state index contributed by atoms with van der Waals surface area (Å²) in [7, 11) is 0. The first-order valence-corrected chi connectivity index (χ1v) is 7.82. The molecule has 1 saturated carbocycles. The van der Waals surface area contributed by atoms with Gasteiger partial charge in [-0.1, -0.05) is 19.8 Å². The summed E-state index contributed by atoms with van der Waals surface area (Å²) < 4.78 is 0. The zero-order valence-corrected chi connectivity index (χ0v) is 12.3. The molecule has 0 aromatic carbocycles. The minimum atomic E-state index is -0.746. The van der Waals surface area contributed by atoms with E-state index in [0.29, 0.717) is 30.8 Å². The van der Waals surface area contributed by atoms with Crippen LogP contribution in [0.4, 0.5) is 4.79 Å². The van der Waals surface area contributed by atoms with Crippen molar-refractivity contribution in [2.24, 2.45) is 11.8 Å². The summed E-state index contributed by atoms with van der Waals surface area (Å²) in [5, 5.41) is 11.8. The average Bonchev–Trinajstić information content (AvgIpc) is 2.85. The molecule has 1 aliphatic heterocycles. The third-order valence-electron chi connectivity index (χ3n) is 4.60. The second-order valence-corrected chi connectivity index (χ2v) is 6.45. The maximum atomic E-state index is 12.2. The number of nitrogens with one attached hydrogen (secondary N) is 1. The van der Waals surface area contributed by atoms with Crippen LogP contribution in [0.15, 0.2) is 0 Å². The van der Waals surface area contributed by atoms with Crippen molar-refractivity contribution in [1.82, 2.24) is 10.2 Å². The van der Waals surface area contributed by atoms with E-state index in [1.165, 1.54) is 12.8 Å². The first-order chi connectivity index (χ1) is 9.54. The first-order valence-electron chi connectivity index (χ1n) is 7.82. The van der Waals surface area contributed by atoms with Crippen molar-refractivity contribution in [2.75, 3.05) is 13.1 Å². The third-order valence-corrected chi connectivity index (χ3v) is 4.60. The highest BCUT2D eigenvalue weighted by molar-refractivity contribution is 5.74. The van der Waals surface area contributed by atoms with Crippen LogP contribution in [0.5, 0.6) is 0 Å². The number of hydrogen-bond acceptors (Lipinski definition) is 2. The standard InChI is InChI=1S/C15H26N2O3/c1-11-3-2-4-13(9-11)16-15(20)17-8-7-12(10-17)5-6-14(18)19/h11-13H,2-10H2,1H3,(H,16,20)(H,18,19). The van der Waals surface area contributed by atoms with E-state index >= 15 is 0 Å². The van der Waals surface area contributed by atoms with E-state index in [2.05, 4.69) is 12.2 Å². The average molecular weight is 282 g/mol. The van der Waals surface area contributed by atoms with Crippen molar-refractivity contribution in [3.8, 4) is 0 Å². The molecule has 5 nitrogen and oxygen atoms in total. The zero-order valence-electron chi connectivity index (χ0n) is 12.3. The molecule has 3 unspecified atom stereocenters. The van der Waals surface area contributed by atoms with E-state index in [9.17, 15) is 9.59 Å². The fourth-order valence-electron chi connectivity index (χ4n) is 3.41. The highest BCUT2D eigenvalue weighted by Gasteiger charge is 2.28. The van der Waals surface area contributed by atoms with Crippen LogP contribution in [0.25, 0.3) is 0 Å². The molecule has 0 aromatic rings. The van der Waals surface area contributed by atoms with Crippen LogP contribution in [0, 0.1) is 11.8 Å². The van der Waals surface area contributed by atoms with Crippen LogP contribution in [-0.2, 0) is 4.79 Å². The normalized spacial score (nSPS) is 30.2. The van der Waals surface area contributed by atoms with Crippen molar-refractivity contribution in [3.63, 3.8) is 0 Å². The van der Waals surface area contributed by atoms with Crippen molar-refractivity contribution < 1.29 is 14.7 Å². The molecule has 2 amide bonds. The number of amides is 2. The molecule has 5 heteroatoms. The highest BCUT2D eigenvalue weighted by atomic mass is 16.4. The van der Waals surface area contributed by atoms with Gasteiger partial charge in [0.1, 0.15) is 0 Å². The number of carbonyl (C=O) groups excluding carboxylic acids is 1. The molecule has 2 rings (SSSR count). The lowest BCUT2D eigenvalue weighted by atomic mass is 9.87. The number of hydrogen-bond donors (Lipinski definition) is 2. The fourth-order valence-corrected chi connectivity index (χ4v) is 3.41. The van der Waals surface area contributed by atoms with Gasteiger partial charge in [0, 0.05) is 25.6 Å². The van der Waals surface area contributed by atoms with Crippen LogP contribution < -0.4 is 5.32 Å². The summed E-state index contributed by atoms with van der Waals surface area (Å²) in [6.45, 7) is 3.72. The van der Waals surface area contributed by atoms with Crippen LogP contribution in [0.1, 0.15) is 51.9 Å². The molecule has 20 heavy (non-hydrogen) atoms. The Morgan fingerprint density at radius 3 is 2.80 bits per heavy atom. The molecule has 0 spiro atoms. The van der Waals surface area contributed by atoms with Crippen molar-refractivity contribution in [1.29, 1.82) is 0 Å². The van der Waals surface area contributed by atoms with E-state index in [1.54, 1.807) is 0 Å². The molecule has 114 valence electrons. The van der Waals surface area contributed by atoms with Gasteiger partial charge in [-0.3, -0.25) is 4.79 Å². The molecule has 0 radical (unpaired) electrons. The molecule has 1 heterocycles. The maximum absolute atomic E-state index is 12.2. The smallest absolute Gasteiger partial charge is 0.317 e. The van der Waals surface area contributed by atoms with E-state index in [4.69, 9.17) is 5.11 Å². The molecule has 0 bridgehead atoms. The molecule has 2 fully saturated rings. The lowest BCUT2D eigenvalue weighted by molar-refractivity contribution is -0.137.